The van der Waals surface area contributed by atoms with Crippen LogP contribution >= 0.6 is 0 Å². The number of hydrogen-bond acceptors (Lipinski definition) is 3. The number of hydrogen-bond donors (Lipinski definition) is 3. The lowest BCUT2D eigenvalue weighted by atomic mass is 9.93. The molecule has 0 aromatic rings. The van der Waals surface area contributed by atoms with Crippen molar-refractivity contribution in [2.24, 2.45) is 11.8 Å². The summed E-state index contributed by atoms with van der Waals surface area (Å²) in [5, 5.41) is 15.0. The van der Waals surface area contributed by atoms with Crippen molar-refractivity contribution in [3.8, 4) is 0 Å². The second-order valence-electron chi connectivity index (χ2n) is 4.83. The van der Waals surface area contributed by atoms with Crippen LogP contribution in [0, 0.1) is 11.8 Å². The van der Waals surface area contributed by atoms with Crippen molar-refractivity contribution in [2.45, 2.75) is 38.3 Å². The van der Waals surface area contributed by atoms with Crippen molar-refractivity contribution >= 4 is 5.91 Å². The molecule has 0 aromatic carbocycles. The number of fused-ring (bicyclic) bond motifs is 1. The van der Waals surface area contributed by atoms with Gasteiger partial charge in [-0.05, 0) is 38.1 Å². The molecule has 3 N–H and O–H groups in total. The maximum atomic E-state index is 11.9. The van der Waals surface area contributed by atoms with Gasteiger partial charge in [-0.25, -0.2) is 0 Å². The first-order chi connectivity index (χ1) is 7.22. The molecule has 4 heteroatoms. The van der Waals surface area contributed by atoms with Crippen LogP contribution in [0.25, 0.3) is 0 Å². The Morgan fingerprint density at radius 1 is 1.60 bits per heavy atom. The van der Waals surface area contributed by atoms with E-state index >= 15 is 0 Å². The summed E-state index contributed by atoms with van der Waals surface area (Å²) in [6, 6.07) is -0.161. The van der Waals surface area contributed by atoms with E-state index in [1.165, 1.54) is 19.3 Å². The molecule has 1 heterocycles. The number of carbonyl (C=O) groups is 1. The predicted molar refractivity (Wildman–Crippen MR) is 57.3 cm³/mol. The second-order valence-corrected chi connectivity index (χ2v) is 4.83. The molecule has 1 aliphatic carbocycles. The number of carbonyl (C=O) groups excluding carboxylic acids is 1. The Balaban J connectivity index is 1.90. The average molecular weight is 212 g/mol. The Morgan fingerprint density at radius 3 is 3.13 bits per heavy atom. The zero-order valence-electron chi connectivity index (χ0n) is 9.20. The predicted octanol–water partition coefficient (Wildman–Crippen LogP) is -0.128. The van der Waals surface area contributed by atoms with E-state index in [1.54, 1.807) is 0 Å². The highest BCUT2D eigenvalue weighted by molar-refractivity contribution is 5.82. The van der Waals surface area contributed by atoms with E-state index in [9.17, 15) is 4.79 Å². The van der Waals surface area contributed by atoms with Gasteiger partial charge in [-0.15, -0.1) is 0 Å². The van der Waals surface area contributed by atoms with Crippen molar-refractivity contribution in [3.63, 3.8) is 0 Å². The van der Waals surface area contributed by atoms with E-state index in [0.29, 0.717) is 11.8 Å². The molecule has 2 rings (SSSR count). The Hall–Kier alpha value is -0.610. The number of aliphatic hydroxyl groups excluding tert-OH is 1. The monoisotopic (exact) mass is 212 g/mol. The Labute approximate surface area is 90.4 Å². The maximum absolute atomic E-state index is 11.9. The molecule has 0 bridgehead atoms. The highest BCUT2D eigenvalue weighted by atomic mass is 16.3. The number of nitrogens with one attached hydrogen (secondary N) is 2. The minimum absolute atomic E-state index is 0.00650. The highest BCUT2D eigenvalue weighted by Crippen LogP contribution is 2.37. The molecular weight excluding hydrogens is 192 g/mol. The molecule has 1 amide bonds. The Kier molecular flexibility index (Phi) is 3.26. The summed E-state index contributed by atoms with van der Waals surface area (Å²) in [6.45, 7) is 2.81. The molecule has 0 radical (unpaired) electrons. The van der Waals surface area contributed by atoms with E-state index in [-0.39, 0.29) is 24.6 Å². The van der Waals surface area contributed by atoms with Crippen molar-refractivity contribution in [2.75, 3.05) is 13.2 Å². The lowest BCUT2D eigenvalue weighted by molar-refractivity contribution is -0.124. The molecule has 0 spiro atoms. The quantitative estimate of drug-likeness (QED) is 0.611. The van der Waals surface area contributed by atoms with Gasteiger partial charge in [-0.1, -0.05) is 6.42 Å². The molecule has 2 fully saturated rings. The average Bonchev–Trinajstić information content (AvgIpc) is 2.77. The molecule has 3 unspecified atom stereocenters. The van der Waals surface area contributed by atoms with Gasteiger partial charge >= 0.3 is 0 Å². The third-order valence-electron chi connectivity index (χ3n) is 3.69. The van der Waals surface area contributed by atoms with E-state index in [0.717, 1.165) is 6.54 Å². The molecule has 86 valence electrons. The van der Waals surface area contributed by atoms with Gasteiger partial charge in [0.15, 0.2) is 0 Å². The summed E-state index contributed by atoms with van der Waals surface area (Å²) in [4.78, 5) is 11.9. The van der Waals surface area contributed by atoms with Gasteiger partial charge < -0.3 is 15.7 Å². The van der Waals surface area contributed by atoms with Crippen LogP contribution in [0.4, 0.5) is 0 Å². The summed E-state index contributed by atoms with van der Waals surface area (Å²) >= 11 is 0. The standard InChI is InChI=1S/C11H20N2O2/c1-7(6-14)13-11(15)10-9-4-2-3-8(9)5-12-10/h7-10,12,14H,2-6H2,1H3,(H,13,15)/t7-,8?,9?,10?/m1/s1. The minimum atomic E-state index is -0.139. The Bertz CT molecular complexity index is 245. The summed E-state index contributed by atoms with van der Waals surface area (Å²) in [6.07, 6.45) is 3.69. The van der Waals surface area contributed by atoms with Crippen LogP contribution in [0.15, 0.2) is 0 Å². The molecule has 1 saturated heterocycles. The number of amides is 1. The van der Waals surface area contributed by atoms with E-state index < -0.39 is 0 Å². The molecule has 1 aliphatic heterocycles. The van der Waals surface area contributed by atoms with Crippen LogP contribution in [0.1, 0.15) is 26.2 Å². The highest BCUT2D eigenvalue weighted by Gasteiger charge is 2.42. The first-order valence-corrected chi connectivity index (χ1v) is 5.87. The molecule has 2 aliphatic rings. The lowest BCUT2D eigenvalue weighted by Crippen LogP contribution is -2.47. The van der Waals surface area contributed by atoms with E-state index in [1.807, 2.05) is 6.92 Å². The van der Waals surface area contributed by atoms with E-state index in [4.69, 9.17) is 5.11 Å². The van der Waals surface area contributed by atoms with Crippen LogP contribution in [-0.2, 0) is 4.79 Å². The topological polar surface area (TPSA) is 61.4 Å². The van der Waals surface area contributed by atoms with E-state index in [2.05, 4.69) is 10.6 Å². The molecular formula is C11H20N2O2. The van der Waals surface area contributed by atoms with Gasteiger partial charge in [0.2, 0.25) is 5.91 Å². The van der Waals surface area contributed by atoms with Crippen molar-refractivity contribution in [3.05, 3.63) is 0 Å². The zero-order valence-corrected chi connectivity index (χ0v) is 9.20. The van der Waals surface area contributed by atoms with Crippen LogP contribution in [0.2, 0.25) is 0 Å². The summed E-state index contributed by atoms with van der Waals surface area (Å²) in [7, 11) is 0. The fourth-order valence-electron chi connectivity index (χ4n) is 2.85. The summed E-state index contributed by atoms with van der Waals surface area (Å²) in [5.41, 5.74) is 0. The normalized spacial score (nSPS) is 36.3. The third-order valence-corrected chi connectivity index (χ3v) is 3.69. The van der Waals surface area contributed by atoms with Crippen molar-refractivity contribution in [1.82, 2.24) is 10.6 Å². The Morgan fingerprint density at radius 2 is 2.40 bits per heavy atom. The first-order valence-electron chi connectivity index (χ1n) is 5.87. The fourth-order valence-corrected chi connectivity index (χ4v) is 2.85. The second kappa shape index (κ2) is 4.49. The number of rotatable bonds is 3. The van der Waals surface area contributed by atoms with Crippen molar-refractivity contribution in [1.29, 1.82) is 0 Å². The summed E-state index contributed by atoms with van der Waals surface area (Å²) in [5.74, 6) is 1.28. The molecule has 4 nitrogen and oxygen atoms in total. The van der Waals surface area contributed by atoms with Crippen molar-refractivity contribution < 1.29 is 9.90 Å². The molecule has 1 saturated carbocycles. The van der Waals surface area contributed by atoms with Crippen LogP contribution in [0.3, 0.4) is 0 Å². The summed E-state index contributed by atoms with van der Waals surface area (Å²) < 4.78 is 0. The van der Waals surface area contributed by atoms with Crippen LogP contribution < -0.4 is 10.6 Å². The van der Waals surface area contributed by atoms with Gasteiger partial charge in [0.05, 0.1) is 12.6 Å². The van der Waals surface area contributed by atoms with Crippen LogP contribution in [0.5, 0.6) is 0 Å². The van der Waals surface area contributed by atoms with Gasteiger partial charge in [0.1, 0.15) is 0 Å². The third kappa shape index (κ3) is 2.16. The van der Waals surface area contributed by atoms with Gasteiger partial charge in [-0.3, -0.25) is 4.79 Å². The smallest absolute Gasteiger partial charge is 0.237 e. The molecule has 4 atom stereocenters. The first kappa shape index (κ1) is 10.9. The molecule has 15 heavy (non-hydrogen) atoms. The van der Waals surface area contributed by atoms with Gasteiger partial charge in [-0.2, -0.15) is 0 Å². The minimum Gasteiger partial charge on any atom is -0.394 e. The van der Waals surface area contributed by atoms with Gasteiger partial charge in [0, 0.05) is 6.04 Å². The van der Waals surface area contributed by atoms with Gasteiger partial charge in [0.25, 0.3) is 0 Å². The lowest BCUT2D eigenvalue weighted by Gasteiger charge is -2.20. The van der Waals surface area contributed by atoms with Crippen LogP contribution in [-0.4, -0.2) is 36.2 Å². The zero-order chi connectivity index (χ0) is 10.8. The maximum Gasteiger partial charge on any atom is 0.237 e. The SMILES string of the molecule is C[C@H](CO)NC(=O)C1NCC2CCCC21. The largest absolute Gasteiger partial charge is 0.394 e. The molecule has 0 aromatic heterocycles. The number of aliphatic hydroxyl groups is 1. The fraction of sp³-hybridized carbons (Fsp3) is 0.909.